The number of benzene rings is 13. The highest BCUT2D eigenvalue weighted by Gasteiger charge is 2.49. The minimum absolute atomic E-state index is 0.581. The molecular weight excluding hydrogens is 991 g/mol. The van der Waals surface area contributed by atoms with Crippen LogP contribution < -0.4 is 25.6 Å². The minimum Gasteiger partial charge on any atom is -0.310 e. The van der Waals surface area contributed by atoms with E-state index in [-0.39, 0.29) is 0 Å². The van der Waals surface area contributed by atoms with Crippen LogP contribution in [0.3, 0.4) is 0 Å². The van der Waals surface area contributed by atoms with E-state index in [1.165, 1.54) is 76.4 Å². The molecule has 0 bridgehead atoms. The molecule has 0 radical (unpaired) electrons. The van der Waals surface area contributed by atoms with Gasteiger partial charge in [0.2, 0.25) is 0 Å². The third-order valence-electron chi connectivity index (χ3n) is 17.2. The van der Waals surface area contributed by atoms with Crippen LogP contribution in [0.25, 0.3) is 66.8 Å². The van der Waals surface area contributed by atoms with Crippen LogP contribution in [0.15, 0.2) is 334 Å². The molecule has 380 valence electrons. The molecule has 15 rings (SSSR count). The summed E-state index contributed by atoms with van der Waals surface area (Å²) >= 11 is 0. The summed E-state index contributed by atoms with van der Waals surface area (Å²) < 4.78 is 0. The first kappa shape index (κ1) is 48.0. The Labute approximate surface area is 476 Å². The lowest BCUT2D eigenvalue weighted by Crippen LogP contribution is -2.72. The monoisotopic (exact) mass is 1050 g/mol. The minimum atomic E-state index is -2.77. The van der Waals surface area contributed by atoms with Crippen molar-refractivity contribution in [2.75, 3.05) is 4.90 Å². The third-order valence-corrected chi connectivity index (χ3v) is 22.1. The number of hydrogen-bond acceptors (Lipinski definition) is 1. The fourth-order valence-corrected chi connectivity index (χ4v) is 19.0. The topological polar surface area (TPSA) is 3.24 Å². The van der Waals surface area contributed by atoms with Gasteiger partial charge in [-0.2, -0.15) is 0 Å². The Morgan fingerprint density at radius 1 is 0.222 bits per heavy atom. The smallest absolute Gasteiger partial charge is 0.180 e. The Balaban J connectivity index is 0.985. The summed E-state index contributed by atoms with van der Waals surface area (Å²) in [4.78, 5) is 2.51. The Hall–Kier alpha value is -10.1. The third kappa shape index (κ3) is 7.82. The molecule has 2 aliphatic rings. The summed E-state index contributed by atoms with van der Waals surface area (Å²) in [6, 6.07) is 125. The molecule has 0 unspecified atom stereocenters. The predicted molar refractivity (Wildman–Crippen MR) is 343 cm³/mol. The lowest BCUT2D eigenvalue weighted by Gasteiger charge is -2.35. The molecule has 0 saturated heterocycles. The molecule has 1 heterocycles. The highest BCUT2D eigenvalue weighted by molar-refractivity contribution is 7.22. The van der Waals surface area contributed by atoms with Crippen LogP contribution in [0, 0.1) is 0 Å². The molecule has 0 spiro atoms. The second kappa shape index (κ2) is 20.0. The van der Waals surface area contributed by atoms with Crippen LogP contribution in [0.4, 0.5) is 17.1 Å². The molecule has 0 saturated carbocycles. The van der Waals surface area contributed by atoms with Crippen molar-refractivity contribution in [2.24, 2.45) is 0 Å². The lowest BCUT2D eigenvalue weighted by atomic mass is 9.67. The molecule has 13 aromatic rings. The summed E-state index contributed by atoms with van der Waals surface area (Å²) in [5.74, 6) is 0. The molecule has 0 atom stereocenters. The molecule has 1 nitrogen and oxygen atoms in total. The molecule has 2 heteroatoms. The molecule has 0 fully saturated rings. The molecule has 81 heavy (non-hydrogen) atoms. The van der Waals surface area contributed by atoms with E-state index in [2.05, 4.69) is 339 Å². The van der Waals surface area contributed by atoms with Gasteiger partial charge in [-0.15, -0.1) is 0 Å². The molecule has 0 N–H and O–H groups in total. The quantitative estimate of drug-likeness (QED) is 0.117. The van der Waals surface area contributed by atoms with E-state index in [9.17, 15) is 0 Å². The largest absolute Gasteiger partial charge is 0.310 e. The van der Waals surface area contributed by atoms with E-state index in [1.54, 1.807) is 0 Å². The van der Waals surface area contributed by atoms with Gasteiger partial charge in [-0.1, -0.05) is 291 Å². The maximum absolute atomic E-state index is 2.77. The van der Waals surface area contributed by atoms with Gasteiger partial charge in [0.25, 0.3) is 0 Å². The zero-order chi connectivity index (χ0) is 53.7. The van der Waals surface area contributed by atoms with Crippen molar-refractivity contribution in [3.63, 3.8) is 0 Å². The van der Waals surface area contributed by atoms with Crippen LogP contribution in [0.2, 0.25) is 0 Å². The van der Waals surface area contributed by atoms with Gasteiger partial charge in [0.15, 0.2) is 8.07 Å². The van der Waals surface area contributed by atoms with E-state index in [4.69, 9.17) is 0 Å². The highest BCUT2D eigenvalue weighted by atomic mass is 28.3. The van der Waals surface area contributed by atoms with Crippen molar-refractivity contribution in [1.82, 2.24) is 0 Å². The van der Waals surface area contributed by atoms with Crippen LogP contribution >= 0.6 is 0 Å². The van der Waals surface area contributed by atoms with Crippen molar-refractivity contribution < 1.29 is 0 Å². The normalized spacial score (nSPS) is 13.1. The summed E-state index contributed by atoms with van der Waals surface area (Å²) in [5.41, 5.74) is 22.2. The van der Waals surface area contributed by atoms with Crippen molar-refractivity contribution in [3.05, 3.63) is 356 Å². The van der Waals surface area contributed by atoms with Crippen LogP contribution in [0.5, 0.6) is 0 Å². The van der Waals surface area contributed by atoms with Gasteiger partial charge in [0, 0.05) is 17.1 Å². The van der Waals surface area contributed by atoms with Gasteiger partial charge >= 0.3 is 0 Å². The number of anilines is 3. The number of rotatable bonds is 11. The van der Waals surface area contributed by atoms with Crippen molar-refractivity contribution in [1.29, 1.82) is 0 Å². The maximum atomic E-state index is 2.53. The first-order valence-corrected chi connectivity index (χ1v) is 30.1. The van der Waals surface area contributed by atoms with Crippen molar-refractivity contribution in [3.8, 4) is 66.8 Å². The van der Waals surface area contributed by atoms with E-state index in [0.717, 1.165) is 50.4 Å². The first-order chi connectivity index (χ1) is 40.2. The van der Waals surface area contributed by atoms with Gasteiger partial charge in [0.1, 0.15) is 0 Å². The first-order valence-electron chi connectivity index (χ1n) is 28.1. The Morgan fingerprint density at radius 3 is 1.23 bits per heavy atom. The van der Waals surface area contributed by atoms with Gasteiger partial charge in [-0.3, -0.25) is 0 Å². The summed E-state index contributed by atoms with van der Waals surface area (Å²) in [6.07, 6.45) is 0. The van der Waals surface area contributed by atoms with Crippen molar-refractivity contribution >= 4 is 45.9 Å². The van der Waals surface area contributed by atoms with Gasteiger partial charge in [-0.25, -0.2) is 0 Å². The van der Waals surface area contributed by atoms with Gasteiger partial charge in [-0.05, 0) is 152 Å². The van der Waals surface area contributed by atoms with Crippen LogP contribution in [0.1, 0.15) is 22.3 Å². The van der Waals surface area contributed by atoms with Crippen LogP contribution in [-0.2, 0) is 5.41 Å². The van der Waals surface area contributed by atoms with Gasteiger partial charge in [0.05, 0.1) is 5.41 Å². The molecule has 1 aliphatic heterocycles. The second-order valence-electron chi connectivity index (χ2n) is 21.5. The zero-order valence-electron chi connectivity index (χ0n) is 44.7. The average molecular weight is 1050 g/mol. The fraction of sp³-hybridized carbons (Fsp3) is 0.0127. The molecule has 13 aromatic carbocycles. The Kier molecular flexibility index (Phi) is 11.8. The van der Waals surface area contributed by atoms with Crippen molar-refractivity contribution in [2.45, 2.75) is 5.41 Å². The standard InChI is InChI=1S/C79H55NSi/c1-7-26-56(27-8-1)60-50-61(57-28-9-2-10-29-57)52-66(51-60)80(65-47-49-71-70-40-19-22-43-75(70)79(76(71)55-65,62-33-13-4-14-34-62)63-35-15-5-16-36-63)64-46-48-69(74(54-64)58-30-11-3-12-31-58)59-32-25-39-68(53-59)81(67-37-17-6-18-38-67)77-44-23-20-41-72(77)73-42-21-24-45-78(73)81/h1-55H. The second-order valence-corrected chi connectivity index (χ2v) is 25.2. The number of fused-ring (bicyclic) bond motifs is 6. The number of nitrogens with zero attached hydrogens (tertiary/aromatic N) is 1. The average Bonchev–Trinajstić information content (AvgIpc) is 4.23. The zero-order valence-corrected chi connectivity index (χ0v) is 45.7. The van der Waals surface area contributed by atoms with E-state index in [1.807, 2.05) is 0 Å². The van der Waals surface area contributed by atoms with Crippen LogP contribution in [-0.4, -0.2) is 8.07 Å². The molecular formula is C79H55NSi. The number of hydrogen-bond donors (Lipinski definition) is 0. The fourth-order valence-electron chi connectivity index (χ4n) is 13.8. The molecule has 0 amide bonds. The maximum Gasteiger partial charge on any atom is 0.180 e. The molecule has 0 aromatic heterocycles. The predicted octanol–water partition coefficient (Wildman–Crippen LogP) is 17.5. The van der Waals surface area contributed by atoms with E-state index in [0.29, 0.717) is 0 Å². The lowest BCUT2D eigenvalue weighted by molar-refractivity contribution is 0.768. The SMILES string of the molecule is c1ccc(-c2cc(-c3ccccc3)cc(N(c3ccc(-c4cccc([Si]5(c6ccccc6)c6ccccc6-c6ccccc65)c4)c(-c4ccccc4)c3)c3ccc4c(c3)C(c3ccccc3)(c3ccccc3)c3ccccc3-4)c2)cc1. The summed E-state index contributed by atoms with van der Waals surface area (Å²) in [6.45, 7) is 0. The van der Waals surface area contributed by atoms with E-state index < -0.39 is 13.5 Å². The Morgan fingerprint density at radius 2 is 0.654 bits per heavy atom. The molecule has 1 aliphatic carbocycles. The summed E-state index contributed by atoms with van der Waals surface area (Å²) in [5, 5.41) is 5.65. The van der Waals surface area contributed by atoms with E-state index >= 15 is 0 Å². The summed E-state index contributed by atoms with van der Waals surface area (Å²) in [7, 11) is -2.77. The Bertz CT molecular complexity index is 4300. The highest BCUT2D eigenvalue weighted by Crippen LogP contribution is 2.57. The van der Waals surface area contributed by atoms with Gasteiger partial charge < -0.3 is 4.90 Å².